The standard InChI is InChI=1S/C13H22N4O4S/c1-16(2)22(20,21)9-11-7-17(8-12(11)18)13(19)4-3-10-5-14-15-6-10/h5-6,11-12,18H,3-4,7-9H2,1-2H3,(H,14,15)/t11-,12+/m0/s1. The van der Waals surface area contributed by atoms with Gasteiger partial charge in [0.05, 0.1) is 18.1 Å². The van der Waals surface area contributed by atoms with Crippen LogP contribution in [-0.4, -0.2) is 77.9 Å². The number of aliphatic hydroxyl groups is 1. The van der Waals surface area contributed by atoms with Gasteiger partial charge in [0, 0.05) is 45.7 Å². The van der Waals surface area contributed by atoms with E-state index in [2.05, 4.69) is 10.2 Å². The molecule has 0 spiro atoms. The fraction of sp³-hybridized carbons (Fsp3) is 0.692. The molecular formula is C13H22N4O4S. The third-order valence-corrected chi connectivity index (χ3v) is 5.88. The second-order valence-electron chi connectivity index (χ2n) is 5.79. The number of H-pyrrole nitrogens is 1. The highest BCUT2D eigenvalue weighted by Crippen LogP contribution is 2.21. The maximum absolute atomic E-state index is 12.2. The average Bonchev–Trinajstić information content (AvgIpc) is 3.06. The number of hydrogen-bond acceptors (Lipinski definition) is 5. The quantitative estimate of drug-likeness (QED) is 0.700. The molecule has 2 heterocycles. The monoisotopic (exact) mass is 330 g/mol. The number of likely N-dealkylation sites (tertiary alicyclic amines) is 1. The molecule has 1 aliphatic rings. The van der Waals surface area contributed by atoms with Gasteiger partial charge in [0.15, 0.2) is 0 Å². The lowest BCUT2D eigenvalue weighted by atomic mass is 10.1. The van der Waals surface area contributed by atoms with Gasteiger partial charge in [-0.05, 0) is 12.0 Å². The van der Waals surface area contributed by atoms with E-state index < -0.39 is 22.0 Å². The number of hydrogen-bond donors (Lipinski definition) is 2. The number of carbonyl (C=O) groups excluding carboxylic acids is 1. The number of sulfonamides is 1. The highest BCUT2D eigenvalue weighted by atomic mass is 32.2. The van der Waals surface area contributed by atoms with Crippen LogP contribution in [0.2, 0.25) is 0 Å². The molecule has 2 rings (SSSR count). The molecule has 0 saturated carbocycles. The first kappa shape index (κ1) is 16.9. The second kappa shape index (κ2) is 6.76. The minimum absolute atomic E-state index is 0.0787. The van der Waals surface area contributed by atoms with Gasteiger partial charge in [0.1, 0.15) is 0 Å². The highest BCUT2D eigenvalue weighted by molar-refractivity contribution is 7.89. The van der Waals surface area contributed by atoms with Crippen molar-refractivity contribution < 1.29 is 18.3 Å². The summed E-state index contributed by atoms with van der Waals surface area (Å²) in [5.41, 5.74) is 0.944. The first-order valence-electron chi connectivity index (χ1n) is 7.13. The van der Waals surface area contributed by atoms with Crippen LogP contribution in [-0.2, 0) is 21.2 Å². The molecule has 1 aliphatic heterocycles. The zero-order valence-corrected chi connectivity index (χ0v) is 13.6. The predicted octanol–water partition coefficient (Wildman–Crippen LogP) is -0.947. The Hall–Kier alpha value is -1.45. The number of aryl methyl sites for hydroxylation is 1. The molecule has 9 heteroatoms. The third-order valence-electron chi connectivity index (χ3n) is 3.92. The Labute approximate surface area is 130 Å². The van der Waals surface area contributed by atoms with Crippen LogP contribution < -0.4 is 0 Å². The van der Waals surface area contributed by atoms with E-state index in [4.69, 9.17) is 0 Å². The van der Waals surface area contributed by atoms with E-state index in [1.165, 1.54) is 14.1 Å². The van der Waals surface area contributed by atoms with Crippen molar-refractivity contribution in [1.82, 2.24) is 19.4 Å². The Balaban J connectivity index is 1.88. The molecule has 22 heavy (non-hydrogen) atoms. The van der Waals surface area contributed by atoms with Gasteiger partial charge >= 0.3 is 0 Å². The highest BCUT2D eigenvalue weighted by Gasteiger charge is 2.37. The summed E-state index contributed by atoms with van der Waals surface area (Å²) in [6.07, 6.45) is 3.49. The second-order valence-corrected chi connectivity index (χ2v) is 8.02. The van der Waals surface area contributed by atoms with Crippen LogP contribution in [0.5, 0.6) is 0 Å². The predicted molar refractivity (Wildman–Crippen MR) is 80.5 cm³/mol. The van der Waals surface area contributed by atoms with E-state index in [0.717, 1.165) is 9.87 Å². The van der Waals surface area contributed by atoms with E-state index in [1.54, 1.807) is 17.3 Å². The topological polar surface area (TPSA) is 107 Å². The van der Waals surface area contributed by atoms with Crippen molar-refractivity contribution in [2.75, 3.05) is 32.9 Å². The molecule has 1 saturated heterocycles. The molecule has 1 aromatic heterocycles. The first-order chi connectivity index (χ1) is 10.3. The molecule has 0 aromatic carbocycles. The van der Waals surface area contributed by atoms with E-state index in [0.29, 0.717) is 12.8 Å². The van der Waals surface area contributed by atoms with Crippen molar-refractivity contribution in [2.24, 2.45) is 5.92 Å². The molecule has 124 valence electrons. The molecular weight excluding hydrogens is 308 g/mol. The van der Waals surface area contributed by atoms with Crippen molar-refractivity contribution in [3.63, 3.8) is 0 Å². The number of nitrogens with zero attached hydrogens (tertiary/aromatic N) is 3. The van der Waals surface area contributed by atoms with Crippen molar-refractivity contribution in [1.29, 1.82) is 0 Å². The normalized spacial score (nSPS) is 22.5. The summed E-state index contributed by atoms with van der Waals surface area (Å²) in [6, 6.07) is 0. The van der Waals surface area contributed by atoms with Gasteiger partial charge in [-0.1, -0.05) is 0 Å². The number of aliphatic hydroxyl groups excluding tert-OH is 1. The van der Waals surface area contributed by atoms with Gasteiger partial charge in [-0.2, -0.15) is 5.10 Å². The molecule has 0 aliphatic carbocycles. The number of carbonyl (C=O) groups is 1. The summed E-state index contributed by atoms with van der Waals surface area (Å²) in [5.74, 6) is -0.664. The van der Waals surface area contributed by atoms with Gasteiger partial charge in [-0.3, -0.25) is 9.89 Å². The molecule has 0 unspecified atom stereocenters. The van der Waals surface area contributed by atoms with E-state index in [9.17, 15) is 18.3 Å². The lowest BCUT2D eigenvalue weighted by Gasteiger charge is -2.18. The van der Waals surface area contributed by atoms with Crippen molar-refractivity contribution in [2.45, 2.75) is 18.9 Å². The molecule has 1 fully saturated rings. The Kier molecular flexibility index (Phi) is 5.20. The molecule has 2 N–H and O–H groups in total. The maximum Gasteiger partial charge on any atom is 0.223 e. The van der Waals surface area contributed by atoms with Crippen molar-refractivity contribution in [3.05, 3.63) is 18.0 Å². The van der Waals surface area contributed by atoms with E-state index in [1.807, 2.05) is 0 Å². The zero-order chi connectivity index (χ0) is 16.3. The Morgan fingerprint density at radius 1 is 1.50 bits per heavy atom. The average molecular weight is 330 g/mol. The SMILES string of the molecule is CN(C)S(=O)(=O)C[C@@H]1CN(C(=O)CCc2cn[nH]c2)C[C@H]1O. The number of amides is 1. The summed E-state index contributed by atoms with van der Waals surface area (Å²) in [5, 5.41) is 16.5. The van der Waals surface area contributed by atoms with Gasteiger partial charge in [-0.15, -0.1) is 0 Å². The number of rotatable bonds is 6. The zero-order valence-electron chi connectivity index (χ0n) is 12.8. The Morgan fingerprint density at radius 3 is 2.82 bits per heavy atom. The number of β-amino-alcohol motifs (C(OH)–C–C–N with tert-alkyl or cyclic N) is 1. The van der Waals surface area contributed by atoms with E-state index >= 15 is 0 Å². The van der Waals surface area contributed by atoms with Crippen LogP contribution in [0.25, 0.3) is 0 Å². The van der Waals surface area contributed by atoms with Crippen LogP contribution in [0, 0.1) is 5.92 Å². The van der Waals surface area contributed by atoms with Gasteiger partial charge in [-0.25, -0.2) is 12.7 Å². The number of aromatic amines is 1. The van der Waals surface area contributed by atoms with E-state index in [-0.39, 0.29) is 24.7 Å². The first-order valence-corrected chi connectivity index (χ1v) is 8.74. The maximum atomic E-state index is 12.2. The summed E-state index contributed by atoms with van der Waals surface area (Å²) in [7, 11) is -0.463. The number of nitrogens with one attached hydrogen (secondary N) is 1. The van der Waals surface area contributed by atoms with Crippen LogP contribution in [0.3, 0.4) is 0 Å². The molecule has 2 atom stereocenters. The fourth-order valence-corrected chi connectivity index (χ4v) is 3.63. The van der Waals surface area contributed by atoms with Crippen molar-refractivity contribution in [3.8, 4) is 0 Å². The van der Waals surface area contributed by atoms with Gasteiger partial charge in [0.25, 0.3) is 0 Å². The molecule has 8 nitrogen and oxygen atoms in total. The van der Waals surface area contributed by atoms with Crippen LogP contribution in [0.4, 0.5) is 0 Å². The van der Waals surface area contributed by atoms with Gasteiger partial charge < -0.3 is 10.0 Å². The summed E-state index contributed by atoms with van der Waals surface area (Å²) < 4.78 is 24.9. The lowest BCUT2D eigenvalue weighted by Crippen LogP contribution is -2.33. The van der Waals surface area contributed by atoms with Crippen LogP contribution in [0.1, 0.15) is 12.0 Å². The fourth-order valence-electron chi connectivity index (χ4n) is 2.46. The third kappa shape index (κ3) is 4.05. The smallest absolute Gasteiger partial charge is 0.223 e. The minimum atomic E-state index is -3.39. The van der Waals surface area contributed by atoms with Gasteiger partial charge in [0.2, 0.25) is 15.9 Å². The number of aromatic nitrogens is 2. The Morgan fingerprint density at radius 2 is 2.23 bits per heavy atom. The van der Waals surface area contributed by atoms with Crippen LogP contribution in [0.15, 0.2) is 12.4 Å². The summed E-state index contributed by atoms with van der Waals surface area (Å²) >= 11 is 0. The largest absolute Gasteiger partial charge is 0.391 e. The minimum Gasteiger partial charge on any atom is -0.391 e. The molecule has 1 amide bonds. The summed E-state index contributed by atoms with van der Waals surface area (Å²) in [4.78, 5) is 13.7. The molecule has 1 aromatic rings. The van der Waals surface area contributed by atoms with Crippen molar-refractivity contribution >= 4 is 15.9 Å². The molecule has 0 radical (unpaired) electrons. The lowest BCUT2D eigenvalue weighted by molar-refractivity contribution is -0.130. The molecule has 0 bridgehead atoms. The van der Waals surface area contributed by atoms with Crippen LogP contribution >= 0.6 is 0 Å². The summed E-state index contributed by atoms with van der Waals surface area (Å²) in [6.45, 7) is 0.469. The Bertz CT molecular complexity index is 600.